The number of aromatic nitrogens is 2. The zero-order valence-electron chi connectivity index (χ0n) is 12.3. The topological polar surface area (TPSA) is 55.1 Å². The highest BCUT2D eigenvalue weighted by molar-refractivity contribution is 7.98. The number of thioether (sulfide) groups is 1. The molecular formula is C15H20N2O2S. The summed E-state index contributed by atoms with van der Waals surface area (Å²) in [7, 11) is 0. The van der Waals surface area contributed by atoms with Crippen LogP contribution in [0.2, 0.25) is 0 Å². The third-order valence-corrected chi connectivity index (χ3v) is 4.16. The number of nitrogens with zero attached hydrogens (tertiary/aromatic N) is 2. The molecule has 2 aromatic rings. The second-order valence-corrected chi connectivity index (χ2v) is 6.19. The summed E-state index contributed by atoms with van der Waals surface area (Å²) < 4.78 is 2.18. The number of carboxylic acid groups (broad SMARTS) is 1. The second-order valence-electron chi connectivity index (χ2n) is 5.28. The smallest absolute Gasteiger partial charge is 0.337 e. The summed E-state index contributed by atoms with van der Waals surface area (Å²) in [5, 5.41) is 9.31. The molecule has 4 nitrogen and oxygen atoms in total. The molecule has 5 heteroatoms. The van der Waals surface area contributed by atoms with Crippen molar-refractivity contribution >= 4 is 28.8 Å². The SMILES string of the molecule is CSCC(C)n1c(C(C)C)nc2c(C(=O)O)cccc21. The van der Waals surface area contributed by atoms with Crippen molar-refractivity contribution in [2.75, 3.05) is 12.0 Å². The number of fused-ring (bicyclic) bond motifs is 1. The monoisotopic (exact) mass is 292 g/mol. The number of para-hydroxylation sites is 1. The minimum atomic E-state index is -0.923. The Bertz CT molecular complexity index is 634. The number of hydrogen-bond donors (Lipinski definition) is 1. The van der Waals surface area contributed by atoms with E-state index in [4.69, 9.17) is 0 Å². The molecule has 1 heterocycles. The van der Waals surface area contributed by atoms with Gasteiger partial charge in [-0.05, 0) is 25.3 Å². The largest absolute Gasteiger partial charge is 0.478 e. The van der Waals surface area contributed by atoms with Gasteiger partial charge in [0, 0.05) is 17.7 Å². The minimum Gasteiger partial charge on any atom is -0.478 e. The lowest BCUT2D eigenvalue weighted by molar-refractivity contribution is 0.0699. The molecule has 0 bridgehead atoms. The highest BCUT2D eigenvalue weighted by atomic mass is 32.2. The van der Waals surface area contributed by atoms with Crippen LogP contribution in [0, 0.1) is 0 Å². The third-order valence-electron chi connectivity index (χ3n) is 3.34. The number of carbonyl (C=O) groups is 1. The van der Waals surface area contributed by atoms with Gasteiger partial charge in [-0.25, -0.2) is 9.78 Å². The molecule has 0 saturated carbocycles. The van der Waals surface area contributed by atoms with E-state index < -0.39 is 5.97 Å². The Morgan fingerprint density at radius 1 is 1.40 bits per heavy atom. The lowest BCUT2D eigenvalue weighted by atomic mass is 10.2. The average molecular weight is 292 g/mol. The quantitative estimate of drug-likeness (QED) is 0.911. The molecule has 0 saturated heterocycles. The van der Waals surface area contributed by atoms with Crippen molar-refractivity contribution in [2.24, 2.45) is 0 Å². The van der Waals surface area contributed by atoms with Crippen molar-refractivity contribution < 1.29 is 9.90 Å². The summed E-state index contributed by atoms with van der Waals surface area (Å²) in [6, 6.07) is 5.65. The van der Waals surface area contributed by atoms with Crippen LogP contribution in [0.5, 0.6) is 0 Å². The van der Waals surface area contributed by atoms with E-state index in [2.05, 4.69) is 36.6 Å². The average Bonchev–Trinajstić information content (AvgIpc) is 2.77. The number of benzene rings is 1. The molecule has 20 heavy (non-hydrogen) atoms. The van der Waals surface area contributed by atoms with Gasteiger partial charge in [0.25, 0.3) is 0 Å². The Hall–Kier alpha value is -1.49. The van der Waals surface area contributed by atoms with Crippen LogP contribution < -0.4 is 0 Å². The van der Waals surface area contributed by atoms with Crippen LogP contribution in [0.25, 0.3) is 11.0 Å². The normalized spacial score (nSPS) is 13.1. The zero-order valence-corrected chi connectivity index (χ0v) is 13.1. The molecule has 1 N–H and O–H groups in total. The molecule has 0 amide bonds. The number of imidazole rings is 1. The molecule has 1 unspecified atom stereocenters. The first-order chi connectivity index (χ1) is 9.47. The van der Waals surface area contributed by atoms with E-state index in [1.54, 1.807) is 23.9 Å². The van der Waals surface area contributed by atoms with Crippen molar-refractivity contribution in [3.63, 3.8) is 0 Å². The standard InChI is InChI=1S/C15H20N2O2S/c1-9(2)14-16-13-11(15(18)19)6-5-7-12(13)17(14)10(3)8-20-4/h5-7,9-10H,8H2,1-4H3,(H,18,19). The fraction of sp³-hybridized carbons (Fsp3) is 0.467. The lowest BCUT2D eigenvalue weighted by Crippen LogP contribution is -2.12. The maximum absolute atomic E-state index is 11.3. The van der Waals surface area contributed by atoms with Crippen LogP contribution in [0.3, 0.4) is 0 Å². The molecule has 0 aliphatic heterocycles. The van der Waals surface area contributed by atoms with E-state index in [0.717, 1.165) is 17.1 Å². The highest BCUT2D eigenvalue weighted by Gasteiger charge is 2.21. The van der Waals surface area contributed by atoms with Gasteiger partial charge in [0.05, 0.1) is 11.1 Å². The Morgan fingerprint density at radius 2 is 2.10 bits per heavy atom. The second kappa shape index (κ2) is 5.87. The molecule has 0 fully saturated rings. The summed E-state index contributed by atoms with van der Waals surface area (Å²) in [5.74, 6) is 1.26. The van der Waals surface area contributed by atoms with Crippen molar-refractivity contribution in [1.29, 1.82) is 0 Å². The fourth-order valence-electron chi connectivity index (χ4n) is 2.49. The molecule has 1 aromatic carbocycles. The zero-order chi connectivity index (χ0) is 14.9. The predicted octanol–water partition coefficient (Wildman–Crippen LogP) is 3.78. The summed E-state index contributed by atoms with van der Waals surface area (Å²) >= 11 is 1.78. The molecule has 1 atom stereocenters. The highest BCUT2D eigenvalue weighted by Crippen LogP contribution is 2.29. The maximum atomic E-state index is 11.3. The van der Waals surface area contributed by atoms with Gasteiger partial charge < -0.3 is 9.67 Å². The van der Waals surface area contributed by atoms with Gasteiger partial charge >= 0.3 is 5.97 Å². The van der Waals surface area contributed by atoms with Crippen LogP contribution in [-0.4, -0.2) is 32.6 Å². The summed E-state index contributed by atoms with van der Waals surface area (Å²) in [5.41, 5.74) is 1.78. The predicted molar refractivity (Wildman–Crippen MR) is 83.9 cm³/mol. The lowest BCUT2D eigenvalue weighted by Gasteiger charge is -2.18. The van der Waals surface area contributed by atoms with E-state index in [9.17, 15) is 9.90 Å². The van der Waals surface area contributed by atoms with Crippen molar-refractivity contribution in [3.05, 3.63) is 29.6 Å². The van der Waals surface area contributed by atoms with Crippen LogP contribution in [-0.2, 0) is 0 Å². The van der Waals surface area contributed by atoms with Gasteiger partial charge in [0.2, 0.25) is 0 Å². The molecule has 1 aromatic heterocycles. The number of aromatic carboxylic acids is 1. The summed E-state index contributed by atoms with van der Waals surface area (Å²) in [6.45, 7) is 6.32. The van der Waals surface area contributed by atoms with Gasteiger partial charge in [0.15, 0.2) is 0 Å². The van der Waals surface area contributed by atoms with E-state index in [0.29, 0.717) is 5.52 Å². The van der Waals surface area contributed by atoms with E-state index >= 15 is 0 Å². The molecule has 108 valence electrons. The van der Waals surface area contributed by atoms with Crippen LogP contribution >= 0.6 is 11.8 Å². The third kappa shape index (κ3) is 2.54. The van der Waals surface area contributed by atoms with Crippen LogP contribution in [0.1, 0.15) is 48.9 Å². The number of rotatable bonds is 5. The Kier molecular flexibility index (Phi) is 4.38. The van der Waals surface area contributed by atoms with Crippen molar-refractivity contribution in [3.8, 4) is 0 Å². The Balaban J connectivity index is 2.73. The van der Waals surface area contributed by atoms with E-state index in [-0.39, 0.29) is 17.5 Å². The first-order valence-electron chi connectivity index (χ1n) is 6.70. The van der Waals surface area contributed by atoms with Crippen molar-refractivity contribution in [1.82, 2.24) is 9.55 Å². The molecular weight excluding hydrogens is 272 g/mol. The van der Waals surface area contributed by atoms with Gasteiger partial charge in [-0.15, -0.1) is 0 Å². The Morgan fingerprint density at radius 3 is 2.65 bits per heavy atom. The van der Waals surface area contributed by atoms with Gasteiger partial charge in [-0.3, -0.25) is 0 Å². The fourth-order valence-corrected chi connectivity index (χ4v) is 3.13. The number of hydrogen-bond acceptors (Lipinski definition) is 3. The van der Waals surface area contributed by atoms with Gasteiger partial charge in [-0.2, -0.15) is 11.8 Å². The van der Waals surface area contributed by atoms with Crippen LogP contribution in [0.15, 0.2) is 18.2 Å². The molecule has 0 aliphatic rings. The Labute approximate surface area is 123 Å². The molecule has 0 spiro atoms. The first-order valence-corrected chi connectivity index (χ1v) is 8.09. The summed E-state index contributed by atoms with van der Waals surface area (Å²) in [6.07, 6.45) is 2.08. The molecule has 2 rings (SSSR count). The number of carboxylic acids is 1. The van der Waals surface area contributed by atoms with Crippen LogP contribution in [0.4, 0.5) is 0 Å². The molecule has 0 aliphatic carbocycles. The van der Waals surface area contributed by atoms with Gasteiger partial charge in [0.1, 0.15) is 11.3 Å². The maximum Gasteiger partial charge on any atom is 0.337 e. The summed E-state index contributed by atoms with van der Waals surface area (Å²) in [4.78, 5) is 16.0. The van der Waals surface area contributed by atoms with E-state index in [1.807, 2.05) is 6.07 Å². The van der Waals surface area contributed by atoms with Crippen molar-refractivity contribution in [2.45, 2.75) is 32.7 Å². The minimum absolute atomic E-state index is 0.258. The van der Waals surface area contributed by atoms with Gasteiger partial charge in [-0.1, -0.05) is 19.9 Å². The first kappa shape index (κ1) is 14.9. The van der Waals surface area contributed by atoms with E-state index in [1.165, 1.54) is 0 Å². The molecule has 0 radical (unpaired) electrons.